The molecule has 27 heavy (non-hydrogen) atoms. The molecule has 2 aliphatic heterocycles. The number of hydrogen-bond acceptors (Lipinski definition) is 6. The van der Waals surface area contributed by atoms with E-state index >= 15 is 0 Å². The van der Waals surface area contributed by atoms with Crippen molar-refractivity contribution in [2.75, 3.05) is 13.7 Å². The van der Waals surface area contributed by atoms with Crippen LogP contribution in [0.1, 0.15) is 17.4 Å². The van der Waals surface area contributed by atoms with Crippen molar-refractivity contribution in [1.82, 2.24) is 0 Å². The van der Waals surface area contributed by atoms with Gasteiger partial charge in [-0.25, -0.2) is 0 Å². The van der Waals surface area contributed by atoms with Crippen LogP contribution in [0.25, 0.3) is 0 Å². The van der Waals surface area contributed by atoms with Crippen LogP contribution in [-0.4, -0.2) is 44.1 Å². The van der Waals surface area contributed by atoms with Crippen molar-refractivity contribution in [1.29, 1.82) is 0 Å². The highest BCUT2D eigenvalue weighted by molar-refractivity contribution is 5.89. The first-order valence-corrected chi connectivity index (χ1v) is 8.96. The molecule has 0 unspecified atom stereocenters. The molecule has 2 aromatic carbocycles. The first kappa shape index (κ1) is 18.3. The lowest BCUT2D eigenvalue weighted by atomic mass is 9.99. The van der Waals surface area contributed by atoms with Crippen molar-refractivity contribution in [3.8, 4) is 0 Å². The number of hydrogen-bond donors (Lipinski definition) is 0. The lowest BCUT2D eigenvalue weighted by Crippen LogP contribution is -2.60. The minimum Gasteiger partial charge on any atom is -0.360 e. The van der Waals surface area contributed by atoms with Crippen molar-refractivity contribution in [2.45, 2.75) is 37.5 Å². The molecule has 142 valence electrons. The molecule has 6 nitrogen and oxygen atoms in total. The molecule has 4 rings (SSSR count). The maximum Gasteiger partial charge on any atom is 0.198 e. The van der Waals surface area contributed by atoms with Crippen molar-refractivity contribution in [3.05, 3.63) is 71.8 Å². The normalized spacial score (nSPS) is 30.7. The van der Waals surface area contributed by atoms with E-state index in [1.165, 1.54) is 7.11 Å². The van der Waals surface area contributed by atoms with E-state index in [2.05, 4.69) is 0 Å². The lowest BCUT2D eigenvalue weighted by molar-refractivity contribution is -0.318. The second-order valence-electron chi connectivity index (χ2n) is 6.53. The number of methoxy groups -OCH3 is 1. The molecule has 5 atom stereocenters. The monoisotopic (exact) mass is 370 g/mol. The molecule has 0 N–H and O–H groups in total. The number of carbonyl (C=O) groups is 1. The third kappa shape index (κ3) is 3.95. The van der Waals surface area contributed by atoms with Crippen LogP contribution >= 0.6 is 0 Å². The van der Waals surface area contributed by atoms with Gasteiger partial charge in [0.25, 0.3) is 0 Å². The summed E-state index contributed by atoms with van der Waals surface area (Å²) >= 11 is 0. The fraction of sp³-hybridized carbons (Fsp3) is 0.381. The van der Waals surface area contributed by atoms with E-state index in [-0.39, 0.29) is 19.0 Å². The largest absolute Gasteiger partial charge is 0.360 e. The molecule has 0 radical (unpaired) electrons. The second-order valence-corrected chi connectivity index (χ2v) is 6.53. The van der Waals surface area contributed by atoms with Gasteiger partial charge in [-0.3, -0.25) is 4.79 Å². The van der Waals surface area contributed by atoms with Crippen molar-refractivity contribution < 1.29 is 28.5 Å². The van der Waals surface area contributed by atoms with Crippen LogP contribution in [0.2, 0.25) is 0 Å². The molecular formula is C21H22O6. The molecule has 0 saturated carbocycles. The third-order valence-electron chi connectivity index (χ3n) is 4.71. The lowest BCUT2D eigenvalue weighted by Gasteiger charge is -2.43. The highest BCUT2D eigenvalue weighted by atomic mass is 16.8. The van der Waals surface area contributed by atoms with Gasteiger partial charge in [-0.2, -0.15) is 0 Å². The van der Waals surface area contributed by atoms with Crippen LogP contribution in [-0.2, 0) is 35.1 Å². The van der Waals surface area contributed by atoms with Crippen LogP contribution in [0.4, 0.5) is 0 Å². The van der Waals surface area contributed by atoms with Gasteiger partial charge in [0, 0.05) is 12.7 Å². The minimum atomic E-state index is -0.856. The van der Waals surface area contributed by atoms with Crippen LogP contribution in [0, 0.1) is 0 Å². The third-order valence-corrected chi connectivity index (χ3v) is 4.71. The van der Waals surface area contributed by atoms with E-state index in [0.717, 1.165) is 11.1 Å². The van der Waals surface area contributed by atoms with Crippen molar-refractivity contribution >= 4 is 5.78 Å². The van der Waals surface area contributed by atoms with Crippen LogP contribution in [0.3, 0.4) is 0 Å². The van der Waals surface area contributed by atoms with Gasteiger partial charge in [0.2, 0.25) is 0 Å². The van der Waals surface area contributed by atoms with Gasteiger partial charge in [-0.05, 0) is 5.56 Å². The fourth-order valence-corrected chi connectivity index (χ4v) is 3.32. The van der Waals surface area contributed by atoms with Gasteiger partial charge in [0.15, 0.2) is 30.6 Å². The molecule has 2 aromatic rings. The Balaban J connectivity index is 1.47. The molecule has 2 fully saturated rings. The smallest absolute Gasteiger partial charge is 0.198 e. The number of ether oxygens (including phenoxy) is 5. The summed E-state index contributed by atoms with van der Waals surface area (Å²) in [5.41, 5.74) is 1.83. The molecule has 2 heterocycles. The summed E-state index contributed by atoms with van der Waals surface area (Å²) in [6.45, 7) is 0.539. The summed E-state index contributed by atoms with van der Waals surface area (Å²) in [5, 5.41) is 0. The second kappa shape index (κ2) is 8.29. The average molecular weight is 370 g/mol. The topological polar surface area (TPSA) is 63.2 Å². The summed E-state index contributed by atoms with van der Waals surface area (Å²) < 4.78 is 28.8. The van der Waals surface area contributed by atoms with E-state index in [1.807, 2.05) is 60.7 Å². The van der Waals surface area contributed by atoms with Crippen molar-refractivity contribution in [2.24, 2.45) is 0 Å². The molecule has 0 amide bonds. The van der Waals surface area contributed by atoms with Gasteiger partial charge in [-0.15, -0.1) is 0 Å². The average Bonchev–Trinajstić information content (AvgIpc) is 2.74. The van der Waals surface area contributed by atoms with Crippen LogP contribution in [0.5, 0.6) is 0 Å². The van der Waals surface area contributed by atoms with Crippen LogP contribution in [0.15, 0.2) is 60.7 Å². The van der Waals surface area contributed by atoms with E-state index in [9.17, 15) is 4.79 Å². The highest BCUT2D eigenvalue weighted by Gasteiger charge is 2.50. The van der Waals surface area contributed by atoms with Crippen LogP contribution < -0.4 is 0 Å². The summed E-state index contributed by atoms with van der Waals surface area (Å²) in [5.74, 6) is -0.182. The van der Waals surface area contributed by atoms with E-state index in [0.29, 0.717) is 0 Å². The van der Waals surface area contributed by atoms with Gasteiger partial charge < -0.3 is 23.7 Å². The first-order chi connectivity index (χ1) is 13.3. The Kier molecular flexibility index (Phi) is 5.61. The Labute approximate surface area is 157 Å². The summed E-state index contributed by atoms with van der Waals surface area (Å²) in [4.78, 5) is 13.1. The Morgan fingerprint density at radius 2 is 1.70 bits per heavy atom. The molecule has 0 bridgehead atoms. The van der Waals surface area contributed by atoms with Crippen molar-refractivity contribution in [3.63, 3.8) is 0 Å². The number of fused-ring (bicyclic) bond motifs is 1. The fourth-order valence-electron chi connectivity index (χ4n) is 3.32. The summed E-state index contributed by atoms with van der Waals surface area (Å²) in [6, 6.07) is 19.2. The molecule has 0 aliphatic carbocycles. The Morgan fingerprint density at radius 3 is 2.41 bits per heavy atom. The quantitative estimate of drug-likeness (QED) is 0.806. The van der Waals surface area contributed by atoms with E-state index < -0.39 is 30.9 Å². The molecule has 6 heteroatoms. The Hall–Kier alpha value is -2.09. The summed E-state index contributed by atoms with van der Waals surface area (Å²) in [6.07, 6.45) is -3.52. The predicted octanol–water partition coefficient (Wildman–Crippen LogP) is 2.63. The Morgan fingerprint density at radius 1 is 1.00 bits per heavy atom. The molecule has 2 aliphatic rings. The van der Waals surface area contributed by atoms with Gasteiger partial charge >= 0.3 is 0 Å². The SMILES string of the molecule is CO[C@H]1O[C@@H]2CO[C@@H](c3ccccc3)O[C@H]2C(=O)[C@@H]1OCc1ccccc1. The molecule has 0 spiro atoms. The summed E-state index contributed by atoms with van der Waals surface area (Å²) in [7, 11) is 1.49. The minimum absolute atomic E-state index is 0.182. The van der Waals surface area contributed by atoms with E-state index in [4.69, 9.17) is 23.7 Å². The molecular weight excluding hydrogens is 348 g/mol. The zero-order chi connectivity index (χ0) is 18.6. The number of ketones is 1. The number of Topliss-reactive ketones (excluding diaryl/α,β-unsaturated/α-hetero) is 1. The zero-order valence-electron chi connectivity index (χ0n) is 15.0. The van der Waals surface area contributed by atoms with Gasteiger partial charge in [-0.1, -0.05) is 60.7 Å². The van der Waals surface area contributed by atoms with Gasteiger partial charge in [0.1, 0.15) is 6.10 Å². The predicted molar refractivity (Wildman–Crippen MR) is 95.7 cm³/mol. The number of carbonyl (C=O) groups excluding carboxylic acids is 1. The maximum atomic E-state index is 13.1. The Bertz CT molecular complexity index is 742. The maximum absolute atomic E-state index is 13.1. The molecule has 0 aromatic heterocycles. The number of benzene rings is 2. The standard InChI is InChI=1S/C21H22O6/c1-23-21-19(24-12-14-8-4-2-5-9-14)17(22)18-16(26-21)13-25-20(27-18)15-10-6-3-7-11-15/h2-11,16,18-21H,12-13H2,1H3/t16-,18-,19+,20-,21+/m1/s1. The zero-order valence-corrected chi connectivity index (χ0v) is 15.0. The van der Waals surface area contributed by atoms with E-state index in [1.54, 1.807) is 0 Å². The highest BCUT2D eigenvalue weighted by Crippen LogP contribution is 2.33. The molecule has 2 saturated heterocycles. The number of rotatable bonds is 5. The van der Waals surface area contributed by atoms with Gasteiger partial charge in [0.05, 0.1) is 13.2 Å². The first-order valence-electron chi connectivity index (χ1n) is 8.96.